The van der Waals surface area contributed by atoms with Crippen LogP contribution >= 0.6 is 0 Å². The summed E-state index contributed by atoms with van der Waals surface area (Å²) in [4.78, 5) is 0. The summed E-state index contributed by atoms with van der Waals surface area (Å²) in [6.07, 6.45) is 6.38. The van der Waals surface area contributed by atoms with E-state index >= 15 is 0 Å². The molecule has 0 aliphatic carbocycles. The Labute approximate surface area is 123 Å². The Morgan fingerprint density at radius 2 is 1.70 bits per heavy atom. The molecular formula is C17H29NO2. The van der Waals surface area contributed by atoms with E-state index in [-0.39, 0.29) is 17.5 Å². The summed E-state index contributed by atoms with van der Waals surface area (Å²) in [5, 5.41) is 22.5. The van der Waals surface area contributed by atoms with Gasteiger partial charge >= 0.3 is 0 Å². The lowest BCUT2D eigenvalue weighted by atomic mass is 10.0. The van der Waals surface area contributed by atoms with E-state index in [0.29, 0.717) is 0 Å². The van der Waals surface area contributed by atoms with Crippen LogP contribution in [0, 0.1) is 5.92 Å². The van der Waals surface area contributed by atoms with Crippen molar-refractivity contribution in [3.63, 3.8) is 0 Å². The molecule has 0 radical (unpaired) electrons. The van der Waals surface area contributed by atoms with Crippen LogP contribution in [0.4, 0.5) is 0 Å². The van der Waals surface area contributed by atoms with Gasteiger partial charge in [-0.05, 0) is 31.9 Å². The molecule has 0 aliphatic heterocycles. The second-order valence-electron chi connectivity index (χ2n) is 6.02. The first kappa shape index (κ1) is 16.8. The average molecular weight is 279 g/mol. The van der Waals surface area contributed by atoms with Crippen molar-refractivity contribution < 1.29 is 10.2 Å². The zero-order valence-electron chi connectivity index (χ0n) is 13.0. The lowest BCUT2D eigenvalue weighted by Crippen LogP contribution is -2.19. The Morgan fingerprint density at radius 3 is 2.35 bits per heavy atom. The van der Waals surface area contributed by atoms with Crippen LogP contribution < -0.4 is 5.32 Å². The van der Waals surface area contributed by atoms with E-state index in [1.54, 1.807) is 12.1 Å². The standard InChI is InChI=1S/C17H29NO2/c1-13(2)8-6-4-5-7-11-18-14(3)16-10-9-15(19)12-17(16)20/h9-10,12-14,18-20H,4-8,11H2,1-3H3. The van der Waals surface area contributed by atoms with Crippen molar-refractivity contribution in [3.05, 3.63) is 23.8 Å². The molecule has 0 amide bonds. The van der Waals surface area contributed by atoms with E-state index in [1.165, 1.54) is 38.2 Å². The summed E-state index contributed by atoms with van der Waals surface area (Å²) < 4.78 is 0. The minimum absolute atomic E-state index is 0.101. The fraction of sp³-hybridized carbons (Fsp3) is 0.647. The maximum atomic E-state index is 9.79. The molecule has 3 nitrogen and oxygen atoms in total. The third-order valence-corrected chi connectivity index (χ3v) is 3.64. The minimum Gasteiger partial charge on any atom is -0.508 e. The SMILES string of the molecule is CC(C)CCCCCCNC(C)c1ccc(O)cc1O. The van der Waals surface area contributed by atoms with E-state index in [4.69, 9.17) is 0 Å². The van der Waals surface area contributed by atoms with Gasteiger partial charge in [-0.1, -0.05) is 45.6 Å². The average Bonchev–Trinajstić information content (AvgIpc) is 2.37. The molecule has 0 saturated heterocycles. The molecule has 1 atom stereocenters. The molecular weight excluding hydrogens is 250 g/mol. The summed E-state index contributed by atoms with van der Waals surface area (Å²) in [5.74, 6) is 1.07. The number of hydrogen-bond donors (Lipinski definition) is 3. The van der Waals surface area contributed by atoms with Crippen molar-refractivity contribution in [2.45, 2.75) is 58.9 Å². The molecule has 0 fully saturated rings. The van der Waals surface area contributed by atoms with Crippen LogP contribution in [0.25, 0.3) is 0 Å². The first-order valence-corrected chi connectivity index (χ1v) is 7.76. The van der Waals surface area contributed by atoms with Gasteiger partial charge in [-0.2, -0.15) is 0 Å². The number of unbranched alkanes of at least 4 members (excludes halogenated alkanes) is 3. The molecule has 1 aromatic rings. The molecule has 0 heterocycles. The maximum Gasteiger partial charge on any atom is 0.124 e. The lowest BCUT2D eigenvalue weighted by molar-refractivity contribution is 0.434. The van der Waals surface area contributed by atoms with Crippen LogP contribution in [-0.4, -0.2) is 16.8 Å². The summed E-state index contributed by atoms with van der Waals surface area (Å²) in [6.45, 7) is 7.54. The van der Waals surface area contributed by atoms with Gasteiger partial charge in [0.15, 0.2) is 0 Å². The second kappa shape index (κ2) is 8.85. The highest BCUT2D eigenvalue weighted by Gasteiger charge is 2.09. The van der Waals surface area contributed by atoms with Gasteiger partial charge in [0.1, 0.15) is 11.5 Å². The monoisotopic (exact) mass is 279 g/mol. The second-order valence-corrected chi connectivity index (χ2v) is 6.02. The third-order valence-electron chi connectivity index (χ3n) is 3.64. The summed E-state index contributed by atoms with van der Waals surface area (Å²) in [7, 11) is 0. The van der Waals surface area contributed by atoms with Crippen LogP contribution in [0.3, 0.4) is 0 Å². The highest BCUT2D eigenvalue weighted by atomic mass is 16.3. The number of phenols is 2. The predicted octanol–water partition coefficient (Wildman–Crippen LogP) is 4.35. The van der Waals surface area contributed by atoms with Crippen LogP contribution in [0.15, 0.2) is 18.2 Å². The number of rotatable bonds is 9. The highest BCUT2D eigenvalue weighted by molar-refractivity contribution is 5.40. The van der Waals surface area contributed by atoms with E-state index < -0.39 is 0 Å². The summed E-state index contributed by atoms with van der Waals surface area (Å²) in [6, 6.07) is 4.87. The van der Waals surface area contributed by atoms with E-state index in [0.717, 1.165) is 18.0 Å². The van der Waals surface area contributed by atoms with Gasteiger partial charge < -0.3 is 15.5 Å². The fourth-order valence-electron chi connectivity index (χ4n) is 2.36. The number of hydrogen-bond acceptors (Lipinski definition) is 3. The normalized spacial score (nSPS) is 12.8. The van der Waals surface area contributed by atoms with Crippen LogP contribution in [0.5, 0.6) is 11.5 Å². The van der Waals surface area contributed by atoms with Gasteiger partial charge in [-0.15, -0.1) is 0 Å². The molecule has 1 rings (SSSR count). The Balaban J connectivity index is 2.18. The van der Waals surface area contributed by atoms with Gasteiger partial charge in [-0.3, -0.25) is 0 Å². The fourth-order valence-corrected chi connectivity index (χ4v) is 2.36. The van der Waals surface area contributed by atoms with Crippen molar-refractivity contribution in [2.24, 2.45) is 5.92 Å². The van der Waals surface area contributed by atoms with E-state index in [2.05, 4.69) is 19.2 Å². The largest absolute Gasteiger partial charge is 0.508 e. The number of benzene rings is 1. The summed E-state index contributed by atoms with van der Waals surface area (Å²) >= 11 is 0. The van der Waals surface area contributed by atoms with Crippen molar-refractivity contribution >= 4 is 0 Å². The zero-order valence-corrected chi connectivity index (χ0v) is 13.0. The first-order valence-electron chi connectivity index (χ1n) is 7.76. The van der Waals surface area contributed by atoms with Crippen molar-refractivity contribution in [3.8, 4) is 11.5 Å². The Bertz CT molecular complexity index is 391. The smallest absolute Gasteiger partial charge is 0.124 e. The predicted molar refractivity (Wildman–Crippen MR) is 84.1 cm³/mol. The number of aromatic hydroxyl groups is 2. The Kier molecular flexibility index (Phi) is 7.45. The van der Waals surface area contributed by atoms with Crippen LogP contribution in [0.2, 0.25) is 0 Å². The molecule has 0 spiro atoms. The van der Waals surface area contributed by atoms with Gasteiger partial charge in [0, 0.05) is 17.7 Å². The van der Waals surface area contributed by atoms with Gasteiger partial charge in [-0.25, -0.2) is 0 Å². The Morgan fingerprint density at radius 1 is 1.00 bits per heavy atom. The quantitative estimate of drug-likeness (QED) is 0.589. The van der Waals surface area contributed by atoms with Gasteiger partial charge in [0.25, 0.3) is 0 Å². The lowest BCUT2D eigenvalue weighted by Gasteiger charge is -2.15. The molecule has 1 aromatic carbocycles. The van der Waals surface area contributed by atoms with Crippen molar-refractivity contribution in [1.82, 2.24) is 5.32 Å². The van der Waals surface area contributed by atoms with Crippen LogP contribution in [0.1, 0.15) is 64.5 Å². The van der Waals surface area contributed by atoms with Crippen molar-refractivity contribution in [2.75, 3.05) is 6.54 Å². The van der Waals surface area contributed by atoms with Gasteiger partial charge in [0.05, 0.1) is 0 Å². The van der Waals surface area contributed by atoms with Gasteiger partial charge in [0.2, 0.25) is 0 Å². The Hall–Kier alpha value is -1.22. The number of phenolic OH excluding ortho intramolecular Hbond substituents is 2. The van der Waals surface area contributed by atoms with E-state index in [1.807, 2.05) is 6.92 Å². The minimum atomic E-state index is 0.101. The van der Waals surface area contributed by atoms with E-state index in [9.17, 15) is 10.2 Å². The molecule has 3 N–H and O–H groups in total. The maximum absolute atomic E-state index is 9.79. The topological polar surface area (TPSA) is 52.5 Å². The molecule has 1 unspecified atom stereocenters. The number of nitrogens with one attached hydrogen (secondary N) is 1. The van der Waals surface area contributed by atoms with Crippen LogP contribution in [-0.2, 0) is 0 Å². The third kappa shape index (κ3) is 6.29. The molecule has 0 bridgehead atoms. The molecule has 114 valence electrons. The molecule has 0 aromatic heterocycles. The molecule has 20 heavy (non-hydrogen) atoms. The molecule has 3 heteroatoms. The first-order chi connectivity index (χ1) is 9.50. The highest BCUT2D eigenvalue weighted by Crippen LogP contribution is 2.27. The summed E-state index contributed by atoms with van der Waals surface area (Å²) in [5.41, 5.74) is 0.836. The molecule has 0 aliphatic rings. The van der Waals surface area contributed by atoms with Crippen molar-refractivity contribution in [1.29, 1.82) is 0 Å². The molecule has 0 saturated carbocycles. The zero-order chi connectivity index (χ0) is 15.0.